The molecule has 1 aliphatic carbocycles. The van der Waals surface area contributed by atoms with Crippen molar-refractivity contribution in [2.24, 2.45) is 11.8 Å². The maximum atomic E-state index is 13.1. The molecule has 0 unspecified atom stereocenters. The molecule has 178 valence electrons. The lowest BCUT2D eigenvalue weighted by molar-refractivity contribution is -0.154. The van der Waals surface area contributed by atoms with Crippen LogP contribution in [0.1, 0.15) is 60.3 Å². The van der Waals surface area contributed by atoms with E-state index in [-0.39, 0.29) is 30.4 Å². The summed E-state index contributed by atoms with van der Waals surface area (Å²) in [6, 6.07) is 0.0447. The Kier molecular flexibility index (Phi) is 9.28. The third-order valence-electron chi connectivity index (χ3n) is 5.79. The van der Waals surface area contributed by atoms with Gasteiger partial charge in [-0.25, -0.2) is 9.59 Å². The Morgan fingerprint density at radius 3 is 1.94 bits per heavy atom. The highest BCUT2D eigenvalue weighted by molar-refractivity contribution is 6.05. The van der Waals surface area contributed by atoms with Gasteiger partial charge >= 0.3 is 17.9 Å². The van der Waals surface area contributed by atoms with Crippen LogP contribution in [0.3, 0.4) is 0 Å². The topological polar surface area (TPSA) is 120 Å². The lowest BCUT2D eigenvalue weighted by Crippen LogP contribution is -2.44. The van der Waals surface area contributed by atoms with E-state index in [1.165, 1.54) is 0 Å². The minimum absolute atomic E-state index is 0.0354. The van der Waals surface area contributed by atoms with Crippen LogP contribution in [0, 0.1) is 11.8 Å². The Bertz CT molecular complexity index is 775. The summed E-state index contributed by atoms with van der Waals surface area (Å²) in [4.78, 5) is 50.7. The maximum Gasteiger partial charge on any atom is 0.337 e. The van der Waals surface area contributed by atoms with Crippen LogP contribution in [0.4, 0.5) is 0 Å². The second-order valence-corrected chi connectivity index (χ2v) is 8.12. The first-order valence-electron chi connectivity index (χ1n) is 11.2. The van der Waals surface area contributed by atoms with Gasteiger partial charge in [0, 0.05) is 17.4 Å². The summed E-state index contributed by atoms with van der Waals surface area (Å²) in [5.41, 5.74) is 0.673. The van der Waals surface area contributed by atoms with Gasteiger partial charge in [0.05, 0.1) is 24.4 Å². The SMILES string of the molecule is CCOC(=O)C1=C(C)NC(C)=C(C(=O)OCC)C1C(=O)OCC(=O)N[C@@H]1CCCC[C@@H]1C. The van der Waals surface area contributed by atoms with E-state index in [1.807, 2.05) is 0 Å². The van der Waals surface area contributed by atoms with Gasteiger partial charge < -0.3 is 24.8 Å². The van der Waals surface area contributed by atoms with E-state index in [2.05, 4.69) is 17.6 Å². The van der Waals surface area contributed by atoms with E-state index in [1.54, 1.807) is 27.7 Å². The molecule has 0 aromatic heterocycles. The number of dihydropyridines is 1. The van der Waals surface area contributed by atoms with Gasteiger partial charge in [0.25, 0.3) is 5.91 Å². The van der Waals surface area contributed by atoms with Gasteiger partial charge in [-0.05, 0) is 46.5 Å². The number of allylic oxidation sites excluding steroid dienone is 2. The van der Waals surface area contributed by atoms with Gasteiger partial charge in [-0.1, -0.05) is 19.8 Å². The van der Waals surface area contributed by atoms with E-state index >= 15 is 0 Å². The van der Waals surface area contributed by atoms with Crippen LogP contribution in [-0.2, 0) is 33.4 Å². The summed E-state index contributed by atoms with van der Waals surface area (Å²) in [6.45, 7) is 8.26. The van der Waals surface area contributed by atoms with Crippen LogP contribution in [0.5, 0.6) is 0 Å². The molecule has 2 aliphatic rings. The van der Waals surface area contributed by atoms with Crippen molar-refractivity contribution in [2.75, 3.05) is 19.8 Å². The summed E-state index contributed by atoms with van der Waals surface area (Å²) < 4.78 is 15.5. The number of carbonyl (C=O) groups excluding carboxylic acids is 4. The molecule has 0 aromatic rings. The molecule has 1 aliphatic heterocycles. The lowest BCUT2D eigenvalue weighted by atomic mass is 9.85. The molecule has 1 heterocycles. The van der Waals surface area contributed by atoms with Crippen molar-refractivity contribution in [1.29, 1.82) is 0 Å². The number of esters is 3. The number of hydrogen-bond donors (Lipinski definition) is 2. The van der Waals surface area contributed by atoms with Crippen molar-refractivity contribution in [3.8, 4) is 0 Å². The molecule has 1 amide bonds. The van der Waals surface area contributed by atoms with Gasteiger partial charge in [0.2, 0.25) is 0 Å². The second kappa shape index (κ2) is 11.7. The number of carbonyl (C=O) groups is 4. The fourth-order valence-corrected chi connectivity index (χ4v) is 4.19. The molecular formula is C23H34N2O7. The minimum atomic E-state index is -1.35. The molecule has 2 N–H and O–H groups in total. The molecule has 9 heteroatoms. The molecule has 0 saturated heterocycles. The van der Waals surface area contributed by atoms with E-state index in [0.29, 0.717) is 17.3 Å². The van der Waals surface area contributed by atoms with Crippen molar-refractivity contribution in [3.63, 3.8) is 0 Å². The summed E-state index contributed by atoms with van der Waals surface area (Å²) in [7, 11) is 0. The highest BCUT2D eigenvalue weighted by Gasteiger charge is 2.42. The van der Waals surface area contributed by atoms with Crippen molar-refractivity contribution in [3.05, 3.63) is 22.5 Å². The predicted octanol–water partition coefficient (Wildman–Crippen LogP) is 2.12. The quantitative estimate of drug-likeness (QED) is 0.426. The molecule has 0 spiro atoms. The van der Waals surface area contributed by atoms with Gasteiger partial charge in [-0.15, -0.1) is 0 Å². The zero-order valence-corrected chi connectivity index (χ0v) is 19.5. The predicted molar refractivity (Wildman–Crippen MR) is 116 cm³/mol. The van der Waals surface area contributed by atoms with E-state index in [0.717, 1.165) is 25.7 Å². The van der Waals surface area contributed by atoms with Crippen LogP contribution in [0.15, 0.2) is 22.5 Å². The fraction of sp³-hybridized carbons (Fsp3) is 0.652. The molecule has 2 atom stereocenters. The first-order valence-corrected chi connectivity index (χ1v) is 11.2. The third-order valence-corrected chi connectivity index (χ3v) is 5.79. The average Bonchev–Trinajstić information content (AvgIpc) is 2.73. The number of amides is 1. The highest BCUT2D eigenvalue weighted by atomic mass is 16.5. The van der Waals surface area contributed by atoms with Crippen molar-refractivity contribution < 1.29 is 33.4 Å². The molecule has 1 fully saturated rings. The van der Waals surface area contributed by atoms with E-state index in [9.17, 15) is 19.2 Å². The molecule has 32 heavy (non-hydrogen) atoms. The molecular weight excluding hydrogens is 416 g/mol. The Hall–Kier alpha value is -2.84. The second-order valence-electron chi connectivity index (χ2n) is 8.12. The first-order chi connectivity index (χ1) is 15.2. The number of nitrogens with one attached hydrogen (secondary N) is 2. The summed E-state index contributed by atoms with van der Waals surface area (Å²) in [5.74, 6) is -3.78. The zero-order chi connectivity index (χ0) is 23.8. The molecule has 0 bridgehead atoms. The van der Waals surface area contributed by atoms with Crippen LogP contribution < -0.4 is 10.6 Å². The first kappa shape index (κ1) is 25.4. The Morgan fingerprint density at radius 1 is 0.906 bits per heavy atom. The standard InChI is InChI=1S/C23H34N2O7/c1-6-30-21(27)18-14(4)24-15(5)19(22(28)31-7-2)20(18)23(29)32-12-17(26)25-16-11-9-8-10-13(16)3/h13,16,20,24H,6-12H2,1-5H3,(H,25,26)/t13-,16+/m0/s1. The summed E-state index contributed by atoms with van der Waals surface area (Å²) in [5, 5.41) is 5.85. The number of hydrogen-bond acceptors (Lipinski definition) is 8. The van der Waals surface area contributed by atoms with Gasteiger partial charge in [-0.3, -0.25) is 9.59 Å². The minimum Gasteiger partial charge on any atom is -0.463 e. The Balaban J connectivity index is 2.21. The van der Waals surface area contributed by atoms with E-state index < -0.39 is 36.3 Å². The highest BCUT2D eigenvalue weighted by Crippen LogP contribution is 2.32. The van der Waals surface area contributed by atoms with Gasteiger partial charge in [0.1, 0.15) is 5.92 Å². The van der Waals surface area contributed by atoms with Crippen LogP contribution in [0.2, 0.25) is 0 Å². The fourth-order valence-electron chi connectivity index (χ4n) is 4.19. The summed E-state index contributed by atoms with van der Waals surface area (Å²) >= 11 is 0. The normalized spacial score (nSPS) is 21.5. The van der Waals surface area contributed by atoms with Crippen LogP contribution in [0.25, 0.3) is 0 Å². The maximum absolute atomic E-state index is 13.1. The zero-order valence-electron chi connectivity index (χ0n) is 19.5. The molecule has 9 nitrogen and oxygen atoms in total. The Labute approximate surface area is 188 Å². The average molecular weight is 451 g/mol. The van der Waals surface area contributed by atoms with Crippen molar-refractivity contribution >= 4 is 23.8 Å². The monoisotopic (exact) mass is 450 g/mol. The largest absolute Gasteiger partial charge is 0.463 e. The van der Waals surface area contributed by atoms with Crippen LogP contribution >= 0.6 is 0 Å². The van der Waals surface area contributed by atoms with Crippen molar-refractivity contribution in [1.82, 2.24) is 10.6 Å². The molecule has 0 aromatic carbocycles. The third kappa shape index (κ3) is 6.11. The van der Waals surface area contributed by atoms with Crippen molar-refractivity contribution in [2.45, 2.75) is 66.3 Å². The van der Waals surface area contributed by atoms with Crippen LogP contribution in [-0.4, -0.2) is 49.7 Å². The molecule has 1 saturated carbocycles. The number of rotatable bonds is 8. The van der Waals surface area contributed by atoms with Gasteiger partial charge in [0.15, 0.2) is 6.61 Å². The van der Waals surface area contributed by atoms with E-state index in [4.69, 9.17) is 14.2 Å². The Morgan fingerprint density at radius 2 is 1.44 bits per heavy atom. The lowest BCUT2D eigenvalue weighted by Gasteiger charge is -2.30. The molecule has 0 radical (unpaired) electrons. The molecule has 2 rings (SSSR count). The number of ether oxygens (including phenoxy) is 3. The van der Waals surface area contributed by atoms with Gasteiger partial charge in [-0.2, -0.15) is 0 Å². The smallest absolute Gasteiger partial charge is 0.337 e. The summed E-state index contributed by atoms with van der Waals surface area (Å²) in [6.07, 6.45) is 4.12.